The molecule has 1 aromatic carbocycles. The Kier molecular flexibility index (Phi) is 3.41. The largest absolute Gasteiger partial charge is 0.391 e. The maximum absolute atomic E-state index is 12.6. The lowest BCUT2D eigenvalue weighted by molar-refractivity contribution is -0.185. The molecule has 0 radical (unpaired) electrons. The van der Waals surface area contributed by atoms with E-state index in [1.807, 2.05) is 29.2 Å². The lowest BCUT2D eigenvalue weighted by Gasteiger charge is -2.32. The van der Waals surface area contributed by atoms with Gasteiger partial charge in [0.2, 0.25) is 0 Å². The van der Waals surface area contributed by atoms with Crippen LogP contribution in [0.3, 0.4) is 0 Å². The van der Waals surface area contributed by atoms with Gasteiger partial charge in [-0.1, -0.05) is 17.3 Å². The number of piperidine rings is 1. The van der Waals surface area contributed by atoms with Crippen LogP contribution in [0.15, 0.2) is 28.8 Å². The number of likely N-dealkylation sites (tertiary alicyclic amines) is 1. The first-order valence-corrected chi connectivity index (χ1v) is 6.66. The van der Waals surface area contributed by atoms with Crippen LogP contribution in [0.4, 0.5) is 13.2 Å². The van der Waals surface area contributed by atoms with Gasteiger partial charge in [-0.05, 0) is 38.1 Å². The zero-order chi connectivity index (χ0) is 14.2. The van der Waals surface area contributed by atoms with Gasteiger partial charge in [-0.3, -0.25) is 4.90 Å². The summed E-state index contributed by atoms with van der Waals surface area (Å²) in [6.45, 7) is 1.44. The molecule has 0 atom stereocenters. The Hall–Kier alpha value is -1.56. The van der Waals surface area contributed by atoms with Gasteiger partial charge in [0, 0.05) is 11.9 Å². The Morgan fingerprint density at radius 1 is 1.20 bits per heavy atom. The second-order valence-electron chi connectivity index (χ2n) is 5.22. The number of para-hydroxylation sites is 1. The molecule has 1 aliphatic rings. The number of halogens is 3. The average molecular weight is 284 g/mol. The van der Waals surface area contributed by atoms with E-state index in [0.29, 0.717) is 25.2 Å². The van der Waals surface area contributed by atoms with Crippen LogP contribution in [-0.2, 0) is 6.54 Å². The maximum Gasteiger partial charge on any atom is 0.391 e. The van der Waals surface area contributed by atoms with E-state index in [1.54, 1.807) is 0 Å². The minimum absolute atomic E-state index is 0.166. The van der Waals surface area contributed by atoms with Crippen LogP contribution in [0.25, 0.3) is 11.0 Å². The first-order valence-electron chi connectivity index (χ1n) is 6.66. The van der Waals surface area contributed by atoms with Crippen molar-refractivity contribution in [3.05, 3.63) is 30.0 Å². The number of alkyl halides is 3. The molecule has 1 aromatic heterocycles. The summed E-state index contributed by atoms with van der Waals surface area (Å²) in [5, 5.41) is 4.95. The fourth-order valence-electron chi connectivity index (χ4n) is 2.68. The first-order chi connectivity index (χ1) is 9.54. The molecule has 2 heterocycles. The highest BCUT2D eigenvalue weighted by Crippen LogP contribution is 2.34. The van der Waals surface area contributed by atoms with Crippen LogP contribution in [0.2, 0.25) is 0 Å². The molecular weight excluding hydrogens is 269 g/mol. The Balaban J connectivity index is 1.65. The molecule has 6 heteroatoms. The molecule has 20 heavy (non-hydrogen) atoms. The van der Waals surface area contributed by atoms with Crippen LogP contribution in [0.5, 0.6) is 0 Å². The summed E-state index contributed by atoms with van der Waals surface area (Å²) >= 11 is 0. The Morgan fingerprint density at radius 2 is 1.90 bits per heavy atom. The van der Waals surface area contributed by atoms with E-state index < -0.39 is 12.1 Å². The quantitative estimate of drug-likeness (QED) is 0.843. The molecule has 0 bridgehead atoms. The van der Waals surface area contributed by atoms with Crippen molar-refractivity contribution in [1.29, 1.82) is 0 Å². The predicted octanol–water partition coefficient (Wildman–Crippen LogP) is 3.60. The number of fused-ring (bicyclic) bond motifs is 1. The average Bonchev–Trinajstić information content (AvgIpc) is 2.82. The second-order valence-corrected chi connectivity index (χ2v) is 5.22. The fourth-order valence-corrected chi connectivity index (χ4v) is 2.68. The molecule has 0 saturated carbocycles. The summed E-state index contributed by atoms with van der Waals surface area (Å²) in [5.74, 6) is -1.16. The smallest absolute Gasteiger partial charge is 0.356 e. The summed E-state index contributed by atoms with van der Waals surface area (Å²) in [6.07, 6.45) is -3.73. The summed E-state index contributed by atoms with van der Waals surface area (Å²) in [7, 11) is 0. The molecule has 0 unspecified atom stereocenters. The Labute approximate surface area is 114 Å². The topological polar surface area (TPSA) is 29.3 Å². The zero-order valence-electron chi connectivity index (χ0n) is 10.9. The van der Waals surface area contributed by atoms with Gasteiger partial charge in [-0.15, -0.1) is 0 Å². The van der Waals surface area contributed by atoms with E-state index in [1.165, 1.54) is 0 Å². The van der Waals surface area contributed by atoms with Gasteiger partial charge in [0.1, 0.15) is 5.69 Å². The van der Waals surface area contributed by atoms with Crippen molar-refractivity contribution in [3.8, 4) is 0 Å². The number of hydrogen-bond donors (Lipinski definition) is 0. The second kappa shape index (κ2) is 5.09. The zero-order valence-corrected chi connectivity index (χ0v) is 10.9. The van der Waals surface area contributed by atoms with Gasteiger partial charge >= 0.3 is 6.18 Å². The van der Waals surface area contributed by atoms with E-state index in [-0.39, 0.29) is 12.8 Å². The number of aromatic nitrogens is 1. The van der Waals surface area contributed by atoms with Gasteiger partial charge < -0.3 is 4.52 Å². The van der Waals surface area contributed by atoms with Crippen LogP contribution in [0.1, 0.15) is 18.5 Å². The molecular formula is C14H15F3N2O. The minimum atomic E-state index is -4.06. The van der Waals surface area contributed by atoms with E-state index >= 15 is 0 Å². The molecule has 3 nitrogen and oxygen atoms in total. The van der Waals surface area contributed by atoms with E-state index in [2.05, 4.69) is 5.16 Å². The van der Waals surface area contributed by atoms with E-state index in [9.17, 15) is 13.2 Å². The van der Waals surface area contributed by atoms with Gasteiger partial charge in [0.25, 0.3) is 0 Å². The molecule has 1 fully saturated rings. The SMILES string of the molecule is FC(F)(F)C1CCN(Cc2noc3ccccc23)CC1. The third-order valence-electron chi connectivity index (χ3n) is 3.88. The minimum Gasteiger partial charge on any atom is -0.356 e. The molecule has 1 aliphatic heterocycles. The normalized spacial score (nSPS) is 18.8. The van der Waals surface area contributed by atoms with Gasteiger partial charge in [-0.2, -0.15) is 13.2 Å². The van der Waals surface area contributed by atoms with Crippen LogP contribution in [0, 0.1) is 5.92 Å². The van der Waals surface area contributed by atoms with Crippen LogP contribution in [-0.4, -0.2) is 29.3 Å². The van der Waals surface area contributed by atoms with Crippen LogP contribution < -0.4 is 0 Å². The highest BCUT2D eigenvalue weighted by Gasteiger charge is 2.41. The highest BCUT2D eigenvalue weighted by molar-refractivity contribution is 5.79. The maximum atomic E-state index is 12.6. The number of benzene rings is 1. The monoisotopic (exact) mass is 284 g/mol. The van der Waals surface area contributed by atoms with Crippen molar-refractivity contribution in [1.82, 2.24) is 10.1 Å². The summed E-state index contributed by atoms with van der Waals surface area (Å²) in [6, 6.07) is 7.52. The number of hydrogen-bond acceptors (Lipinski definition) is 3. The van der Waals surface area contributed by atoms with Crippen molar-refractivity contribution < 1.29 is 17.7 Å². The molecule has 0 amide bonds. The highest BCUT2D eigenvalue weighted by atomic mass is 19.4. The molecule has 0 N–H and O–H groups in total. The molecule has 1 saturated heterocycles. The van der Waals surface area contributed by atoms with E-state index in [0.717, 1.165) is 11.1 Å². The van der Waals surface area contributed by atoms with Crippen molar-refractivity contribution in [3.63, 3.8) is 0 Å². The third-order valence-corrected chi connectivity index (χ3v) is 3.88. The number of rotatable bonds is 2. The Bertz CT molecular complexity index is 585. The van der Waals surface area contributed by atoms with Gasteiger partial charge in [0.15, 0.2) is 5.58 Å². The molecule has 108 valence electrons. The number of nitrogens with zero attached hydrogens (tertiary/aromatic N) is 2. The van der Waals surface area contributed by atoms with Crippen molar-refractivity contribution in [2.24, 2.45) is 5.92 Å². The molecule has 0 spiro atoms. The summed E-state index contributed by atoms with van der Waals surface area (Å²) < 4.78 is 43.0. The Morgan fingerprint density at radius 3 is 2.60 bits per heavy atom. The lowest BCUT2D eigenvalue weighted by atomic mass is 9.96. The summed E-state index contributed by atoms with van der Waals surface area (Å²) in [4.78, 5) is 2.01. The third kappa shape index (κ3) is 2.65. The van der Waals surface area contributed by atoms with Crippen LogP contribution >= 0.6 is 0 Å². The molecule has 2 aromatic rings. The van der Waals surface area contributed by atoms with Gasteiger partial charge in [0.05, 0.1) is 5.92 Å². The predicted molar refractivity (Wildman–Crippen MR) is 68.1 cm³/mol. The standard InChI is InChI=1S/C14H15F3N2O/c15-14(16,17)10-5-7-19(8-6-10)9-12-11-3-1-2-4-13(11)20-18-12/h1-4,10H,5-9H2. The van der Waals surface area contributed by atoms with Crippen molar-refractivity contribution >= 4 is 11.0 Å². The van der Waals surface area contributed by atoms with Gasteiger partial charge in [-0.25, -0.2) is 0 Å². The molecule has 0 aliphatic carbocycles. The lowest BCUT2D eigenvalue weighted by Crippen LogP contribution is -2.38. The fraction of sp³-hybridized carbons (Fsp3) is 0.500. The summed E-state index contributed by atoms with van der Waals surface area (Å²) in [5.41, 5.74) is 1.51. The van der Waals surface area contributed by atoms with E-state index in [4.69, 9.17) is 4.52 Å². The van der Waals surface area contributed by atoms with Crippen molar-refractivity contribution in [2.45, 2.75) is 25.6 Å². The first kappa shape index (κ1) is 13.4. The molecule has 3 rings (SSSR count). The van der Waals surface area contributed by atoms with Crippen molar-refractivity contribution in [2.75, 3.05) is 13.1 Å².